The van der Waals surface area contributed by atoms with Gasteiger partial charge in [-0.1, -0.05) is 66.9 Å². The number of amides is 3. The van der Waals surface area contributed by atoms with E-state index in [1.165, 1.54) is 17.8 Å². The third-order valence-electron chi connectivity index (χ3n) is 8.75. The van der Waals surface area contributed by atoms with Crippen molar-refractivity contribution in [1.82, 2.24) is 19.9 Å². The highest BCUT2D eigenvalue weighted by atomic mass is 32.2. The van der Waals surface area contributed by atoms with Gasteiger partial charge in [-0.25, -0.2) is 9.97 Å². The molecule has 6 aromatic rings. The highest BCUT2D eigenvalue weighted by Gasteiger charge is 2.28. The van der Waals surface area contributed by atoms with Gasteiger partial charge in [0.1, 0.15) is 11.6 Å². The van der Waals surface area contributed by atoms with E-state index < -0.39 is 0 Å². The second-order valence-electron chi connectivity index (χ2n) is 12.1. The van der Waals surface area contributed by atoms with Gasteiger partial charge >= 0.3 is 0 Å². The van der Waals surface area contributed by atoms with Crippen molar-refractivity contribution < 1.29 is 19.1 Å². The highest BCUT2D eigenvalue weighted by Crippen LogP contribution is 2.36. The minimum Gasteiger partial charge on any atom is -0.495 e. The Labute approximate surface area is 310 Å². The lowest BCUT2D eigenvalue weighted by atomic mass is 10.0. The van der Waals surface area contributed by atoms with Crippen molar-refractivity contribution in [3.63, 3.8) is 0 Å². The Hall–Kier alpha value is -6.66. The van der Waals surface area contributed by atoms with E-state index >= 15 is 0 Å². The average Bonchev–Trinajstić information content (AvgIpc) is 3.76. The van der Waals surface area contributed by atoms with Crippen LogP contribution in [0.1, 0.15) is 31.8 Å². The van der Waals surface area contributed by atoms with Gasteiger partial charge in [0.25, 0.3) is 11.8 Å². The number of thioether (sulfide) groups is 1. The van der Waals surface area contributed by atoms with Gasteiger partial charge in [0.2, 0.25) is 5.91 Å². The van der Waals surface area contributed by atoms with Crippen LogP contribution in [0.5, 0.6) is 5.75 Å². The van der Waals surface area contributed by atoms with Crippen LogP contribution in [0.4, 0.5) is 22.9 Å². The summed E-state index contributed by atoms with van der Waals surface area (Å²) in [6, 6.07) is 31.5. The van der Waals surface area contributed by atoms with E-state index in [1.807, 2.05) is 85.1 Å². The number of methoxy groups -OCH3 is 1. The fraction of sp³-hybridized carbons (Fsp3) is 0.0976. The molecular weight excluding hydrogens is 687 g/mol. The Morgan fingerprint density at radius 3 is 2.57 bits per heavy atom. The van der Waals surface area contributed by atoms with Crippen LogP contribution in [0.25, 0.3) is 22.5 Å². The number of hydrogen-bond donors (Lipinski definition) is 4. The SMILES string of the molecule is C=CC(=O)Nc1ccc(OC)c(Nc2cc(-c3[nH]c(SC)nc3-c3cccc(NC(=O)c4ccccc4CN4Cc5ccccc5C4=O)c3)ccn2)c1. The van der Waals surface area contributed by atoms with Gasteiger partial charge in [-0.15, -0.1) is 0 Å². The van der Waals surface area contributed by atoms with Gasteiger partial charge in [-0.2, -0.15) is 0 Å². The largest absolute Gasteiger partial charge is 0.495 e. The fourth-order valence-electron chi connectivity index (χ4n) is 6.21. The first-order chi connectivity index (χ1) is 25.8. The number of anilines is 4. The van der Waals surface area contributed by atoms with Crippen molar-refractivity contribution >= 4 is 52.4 Å². The molecule has 4 N–H and O–H groups in total. The summed E-state index contributed by atoms with van der Waals surface area (Å²) in [4.78, 5) is 53.3. The number of nitrogens with zero attached hydrogens (tertiary/aromatic N) is 3. The first kappa shape index (κ1) is 34.8. The normalized spacial score (nSPS) is 11.9. The summed E-state index contributed by atoms with van der Waals surface area (Å²) in [5.74, 6) is 0.467. The molecule has 53 heavy (non-hydrogen) atoms. The average molecular weight is 722 g/mol. The summed E-state index contributed by atoms with van der Waals surface area (Å²) in [6.45, 7) is 4.33. The zero-order chi connectivity index (χ0) is 36.9. The molecule has 3 heterocycles. The van der Waals surface area contributed by atoms with Gasteiger partial charge < -0.3 is 30.6 Å². The Bertz CT molecular complexity index is 2370. The van der Waals surface area contributed by atoms with Gasteiger partial charge in [-0.05, 0) is 78.1 Å². The third kappa shape index (κ3) is 7.53. The summed E-state index contributed by atoms with van der Waals surface area (Å²) in [5.41, 5.74) is 7.79. The van der Waals surface area contributed by atoms with E-state index in [0.29, 0.717) is 58.5 Å². The molecule has 0 spiro atoms. The molecular formula is C41H35N7O4S. The number of imidazole rings is 1. The zero-order valence-electron chi connectivity index (χ0n) is 29.0. The molecule has 0 aliphatic carbocycles. The molecule has 0 fully saturated rings. The molecule has 0 bridgehead atoms. The van der Waals surface area contributed by atoms with Crippen molar-refractivity contribution in [2.75, 3.05) is 29.3 Å². The smallest absolute Gasteiger partial charge is 0.256 e. The van der Waals surface area contributed by atoms with Crippen LogP contribution in [0.15, 0.2) is 127 Å². The van der Waals surface area contributed by atoms with Crippen LogP contribution in [0.2, 0.25) is 0 Å². The molecule has 0 atom stereocenters. The standard InChI is InChI=1S/C41H35N7O4S/c1-4-36(49)43-30-16-17-34(52-2)33(22-30)45-35-21-26(18-19-42-35)38-37(46-41(47-38)53-3)25-12-9-13-29(20-25)44-39(50)31-14-7-5-10-27(31)23-48-24-28-11-6-8-15-32(28)40(48)51/h4-22H,1,23-24H2,2-3H3,(H,42,45)(H,43,49)(H,44,50)(H,46,47). The first-order valence-electron chi connectivity index (χ1n) is 16.7. The summed E-state index contributed by atoms with van der Waals surface area (Å²) in [5, 5.41) is 9.84. The number of fused-ring (bicyclic) bond motifs is 1. The number of benzene rings is 4. The van der Waals surface area contributed by atoms with E-state index in [-0.39, 0.29) is 17.7 Å². The van der Waals surface area contributed by atoms with E-state index in [0.717, 1.165) is 33.1 Å². The van der Waals surface area contributed by atoms with Gasteiger partial charge in [0, 0.05) is 52.9 Å². The third-order valence-corrected chi connectivity index (χ3v) is 9.33. The van der Waals surface area contributed by atoms with Gasteiger partial charge in [0.15, 0.2) is 5.16 Å². The maximum absolute atomic E-state index is 13.7. The quantitative estimate of drug-likeness (QED) is 0.0733. The molecule has 4 aromatic carbocycles. The Morgan fingerprint density at radius 1 is 0.943 bits per heavy atom. The van der Waals surface area contributed by atoms with Gasteiger partial charge in [0.05, 0.1) is 24.2 Å². The predicted octanol–water partition coefficient (Wildman–Crippen LogP) is 8.15. The number of rotatable bonds is 12. The molecule has 11 nitrogen and oxygen atoms in total. The van der Waals surface area contributed by atoms with Gasteiger partial charge in [-0.3, -0.25) is 14.4 Å². The van der Waals surface area contributed by atoms with Crippen molar-refractivity contribution in [3.05, 3.63) is 144 Å². The first-order valence-corrected chi connectivity index (χ1v) is 17.9. The maximum atomic E-state index is 13.7. The number of H-pyrrole nitrogens is 1. The van der Waals surface area contributed by atoms with Crippen LogP contribution >= 0.6 is 11.8 Å². The number of carbonyl (C=O) groups excluding carboxylic acids is 3. The molecule has 7 rings (SSSR count). The Kier molecular flexibility index (Phi) is 10.0. The number of aromatic amines is 1. The number of nitrogens with one attached hydrogen (secondary N) is 4. The minimum atomic E-state index is -0.326. The number of hydrogen-bond acceptors (Lipinski definition) is 8. The molecule has 1 aliphatic heterocycles. The van der Waals surface area contributed by atoms with Crippen LogP contribution in [-0.4, -0.2) is 50.9 Å². The molecule has 12 heteroatoms. The fourth-order valence-corrected chi connectivity index (χ4v) is 6.59. The van der Waals surface area contributed by atoms with E-state index in [9.17, 15) is 14.4 Å². The molecule has 1 aliphatic rings. The number of pyridine rings is 1. The lowest BCUT2D eigenvalue weighted by Gasteiger charge is -2.18. The Morgan fingerprint density at radius 2 is 1.75 bits per heavy atom. The zero-order valence-corrected chi connectivity index (χ0v) is 29.8. The van der Waals surface area contributed by atoms with Crippen LogP contribution < -0.4 is 20.7 Å². The van der Waals surface area contributed by atoms with Crippen molar-refractivity contribution in [2.24, 2.45) is 0 Å². The predicted molar refractivity (Wildman–Crippen MR) is 209 cm³/mol. The van der Waals surface area contributed by atoms with Crippen LogP contribution in [0.3, 0.4) is 0 Å². The number of carbonyl (C=O) groups is 3. The summed E-state index contributed by atoms with van der Waals surface area (Å²) in [7, 11) is 1.57. The number of aromatic nitrogens is 3. The van der Waals surface area contributed by atoms with Crippen LogP contribution in [-0.2, 0) is 17.9 Å². The monoisotopic (exact) mass is 721 g/mol. The lowest BCUT2D eigenvalue weighted by molar-refractivity contribution is -0.111. The van der Waals surface area contributed by atoms with E-state index in [2.05, 4.69) is 32.5 Å². The van der Waals surface area contributed by atoms with E-state index in [4.69, 9.17) is 9.72 Å². The maximum Gasteiger partial charge on any atom is 0.256 e. The number of ether oxygens (including phenoxy) is 1. The molecule has 0 unspecified atom stereocenters. The molecule has 3 amide bonds. The molecule has 0 radical (unpaired) electrons. The topological polar surface area (TPSA) is 141 Å². The molecule has 264 valence electrons. The highest BCUT2D eigenvalue weighted by molar-refractivity contribution is 7.98. The minimum absolute atomic E-state index is 0.0387. The second kappa shape index (κ2) is 15.3. The Balaban J connectivity index is 1.13. The summed E-state index contributed by atoms with van der Waals surface area (Å²) >= 11 is 1.48. The lowest BCUT2D eigenvalue weighted by Crippen LogP contribution is -2.25. The summed E-state index contributed by atoms with van der Waals surface area (Å²) < 4.78 is 5.55. The van der Waals surface area contributed by atoms with Crippen molar-refractivity contribution in [3.8, 4) is 28.3 Å². The van der Waals surface area contributed by atoms with Crippen molar-refractivity contribution in [1.29, 1.82) is 0 Å². The molecule has 2 aromatic heterocycles. The molecule has 0 saturated heterocycles. The molecule has 0 saturated carbocycles. The van der Waals surface area contributed by atoms with Crippen LogP contribution in [0, 0.1) is 0 Å². The van der Waals surface area contributed by atoms with E-state index in [1.54, 1.807) is 42.5 Å². The second-order valence-corrected chi connectivity index (χ2v) is 12.9. The van der Waals surface area contributed by atoms with Crippen molar-refractivity contribution in [2.45, 2.75) is 18.2 Å². The summed E-state index contributed by atoms with van der Waals surface area (Å²) in [6.07, 6.45) is 4.84.